The Morgan fingerprint density at radius 2 is 2.36 bits per heavy atom. The molecule has 0 aromatic carbocycles. The van der Waals surface area contributed by atoms with Gasteiger partial charge in [0.15, 0.2) is 0 Å². The first-order valence-corrected chi connectivity index (χ1v) is 6.16. The van der Waals surface area contributed by atoms with Crippen LogP contribution in [-0.4, -0.2) is 17.4 Å². The summed E-state index contributed by atoms with van der Waals surface area (Å²) >= 11 is 9.30. The topological polar surface area (TPSA) is 0 Å². The molecule has 62 valence electrons. The Bertz CT molecular complexity index is 172. The van der Waals surface area contributed by atoms with Gasteiger partial charge in [0, 0.05) is 16.5 Å². The van der Waals surface area contributed by atoms with Crippen LogP contribution in [0, 0.1) is 0 Å². The second kappa shape index (κ2) is 5.92. The Hall–Kier alpha value is 0.340. The highest BCUT2D eigenvalue weighted by molar-refractivity contribution is 7.99. The molecule has 3 heteroatoms. The van der Waals surface area contributed by atoms with Crippen LogP contribution in [0.25, 0.3) is 0 Å². The lowest BCUT2D eigenvalue weighted by atomic mass is 10.4. The molecule has 1 aromatic rings. The third-order valence-corrected chi connectivity index (χ3v) is 3.63. The number of alkyl halides is 1. The minimum Gasteiger partial charge on any atom is -0.160 e. The lowest BCUT2D eigenvalue weighted by Crippen LogP contribution is -1.87. The third kappa shape index (κ3) is 4.04. The molecule has 0 aliphatic rings. The summed E-state index contributed by atoms with van der Waals surface area (Å²) < 4.78 is 0. The highest BCUT2D eigenvalue weighted by atomic mass is 35.5. The van der Waals surface area contributed by atoms with Crippen molar-refractivity contribution in [1.29, 1.82) is 0 Å². The van der Waals surface area contributed by atoms with E-state index in [0.717, 1.165) is 11.6 Å². The Morgan fingerprint density at radius 3 is 3.00 bits per heavy atom. The molecule has 0 amide bonds. The van der Waals surface area contributed by atoms with Gasteiger partial charge in [-0.05, 0) is 23.6 Å². The number of hydrogen-bond donors (Lipinski definition) is 0. The minimum absolute atomic E-state index is 0.773. The molecule has 1 rings (SSSR count). The quantitative estimate of drug-likeness (QED) is 0.527. The molecule has 1 aromatic heterocycles. The average molecular weight is 207 g/mol. The maximum atomic E-state index is 5.54. The molecule has 0 saturated heterocycles. The van der Waals surface area contributed by atoms with Crippen LogP contribution in [0.4, 0.5) is 0 Å². The van der Waals surface area contributed by atoms with Crippen LogP contribution in [0.15, 0.2) is 17.5 Å². The van der Waals surface area contributed by atoms with E-state index in [1.54, 1.807) is 0 Å². The average Bonchev–Trinajstić information content (AvgIpc) is 2.50. The fraction of sp³-hybridized carbons (Fsp3) is 0.500. The van der Waals surface area contributed by atoms with Crippen molar-refractivity contribution in [3.8, 4) is 0 Å². The van der Waals surface area contributed by atoms with Crippen molar-refractivity contribution in [2.45, 2.75) is 6.42 Å². The van der Waals surface area contributed by atoms with E-state index in [4.69, 9.17) is 11.6 Å². The molecule has 11 heavy (non-hydrogen) atoms. The van der Waals surface area contributed by atoms with Gasteiger partial charge in [-0.3, -0.25) is 0 Å². The summed E-state index contributed by atoms with van der Waals surface area (Å²) in [5, 5.41) is 2.13. The smallest absolute Gasteiger partial charge is 0.0314 e. The molecule has 0 spiro atoms. The molecular weight excluding hydrogens is 196 g/mol. The van der Waals surface area contributed by atoms with Crippen molar-refractivity contribution in [3.05, 3.63) is 22.4 Å². The minimum atomic E-state index is 0.773. The van der Waals surface area contributed by atoms with Crippen LogP contribution >= 0.6 is 34.7 Å². The molecule has 0 saturated carbocycles. The summed E-state index contributed by atoms with van der Waals surface area (Å²) in [5.41, 5.74) is 0. The SMILES string of the molecule is ClCCSCCc1cccs1. The Morgan fingerprint density at radius 1 is 1.45 bits per heavy atom. The lowest BCUT2D eigenvalue weighted by Gasteiger charge is -1.95. The van der Waals surface area contributed by atoms with E-state index >= 15 is 0 Å². The van der Waals surface area contributed by atoms with Crippen molar-refractivity contribution in [2.24, 2.45) is 0 Å². The molecule has 0 atom stereocenters. The molecule has 0 unspecified atom stereocenters. The molecule has 1 heterocycles. The third-order valence-electron chi connectivity index (χ3n) is 1.29. The van der Waals surface area contributed by atoms with E-state index in [-0.39, 0.29) is 0 Å². The van der Waals surface area contributed by atoms with E-state index in [0.29, 0.717) is 0 Å². The second-order valence-corrected chi connectivity index (χ2v) is 4.77. The van der Waals surface area contributed by atoms with Crippen molar-refractivity contribution in [3.63, 3.8) is 0 Å². The zero-order valence-corrected chi connectivity index (χ0v) is 8.64. The lowest BCUT2D eigenvalue weighted by molar-refractivity contribution is 1.20. The standard InChI is InChI=1S/C8H11ClS2/c9-4-7-10-6-3-8-2-1-5-11-8/h1-2,5H,3-4,6-7H2. The van der Waals surface area contributed by atoms with Gasteiger partial charge in [-0.1, -0.05) is 6.07 Å². The van der Waals surface area contributed by atoms with E-state index in [1.807, 2.05) is 23.1 Å². The van der Waals surface area contributed by atoms with Gasteiger partial charge in [0.25, 0.3) is 0 Å². The van der Waals surface area contributed by atoms with Crippen LogP contribution in [0.5, 0.6) is 0 Å². The van der Waals surface area contributed by atoms with Crippen molar-refractivity contribution in [2.75, 3.05) is 17.4 Å². The number of halogens is 1. The fourth-order valence-electron chi connectivity index (χ4n) is 0.784. The number of thiophene rings is 1. The normalized spacial score (nSPS) is 10.3. The monoisotopic (exact) mass is 206 g/mol. The van der Waals surface area contributed by atoms with E-state index in [9.17, 15) is 0 Å². The molecule has 0 bridgehead atoms. The maximum absolute atomic E-state index is 5.54. The molecule has 0 fully saturated rings. The predicted molar refractivity (Wildman–Crippen MR) is 56.1 cm³/mol. The van der Waals surface area contributed by atoms with Crippen molar-refractivity contribution >= 4 is 34.7 Å². The number of hydrogen-bond acceptors (Lipinski definition) is 2. The van der Waals surface area contributed by atoms with E-state index in [1.165, 1.54) is 17.1 Å². The van der Waals surface area contributed by atoms with Crippen LogP contribution < -0.4 is 0 Å². The highest BCUT2D eigenvalue weighted by Crippen LogP contribution is 2.12. The largest absolute Gasteiger partial charge is 0.160 e. The van der Waals surface area contributed by atoms with Gasteiger partial charge < -0.3 is 0 Å². The predicted octanol–water partition coefficient (Wildman–Crippen LogP) is 3.26. The van der Waals surface area contributed by atoms with Crippen LogP contribution in [0.2, 0.25) is 0 Å². The molecular formula is C8H11ClS2. The summed E-state index contributed by atoms with van der Waals surface area (Å²) in [6.07, 6.45) is 1.19. The highest BCUT2D eigenvalue weighted by Gasteiger charge is 1.92. The van der Waals surface area contributed by atoms with Gasteiger partial charge in [-0.2, -0.15) is 11.8 Å². The summed E-state index contributed by atoms with van der Waals surface area (Å²) in [6, 6.07) is 4.29. The molecule has 0 aliphatic heterocycles. The number of thioether (sulfide) groups is 1. The van der Waals surface area contributed by atoms with E-state index < -0.39 is 0 Å². The van der Waals surface area contributed by atoms with Crippen LogP contribution in [0.1, 0.15) is 4.88 Å². The Labute approximate surface area is 81.0 Å². The first kappa shape index (κ1) is 9.43. The molecule has 0 N–H and O–H groups in total. The van der Waals surface area contributed by atoms with Gasteiger partial charge in [0.2, 0.25) is 0 Å². The maximum Gasteiger partial charge on any atom is 0.0314 e. The van der Waals surface area contributed by atoms with Gasteiger partial charge in [0.1, 0.15) is 0 Å². The van der Waals surface area contributed by atoms with Crippen LogP contribution in [-0.2, 0) is 6.42 Å². The summed E-state index contributed by atoms with van der Waals surface area (Å²) in [6.45, 7) is 0. The Kier molecular flexibility index (Phi) is 5.08. The van der Waals surface area contributed by atoms with E-state index in [2.05, 4.69) is 17.5 Å². The number of rotatable bonds is 5. The van der Waals surface area contributed by atoms with Gasteiger partial charge >= 0.3 is 0 Å². The Balaban J connectivity index is 2.04. The summed E-state index contributed by atoms with van der Waals surface area (Å²) in [5.74, 6) is 3.05. The molecule has 0 aliphatic carbocycles. The van der Waals surface area contributed by atoms with Gasteiger partial charge in [-0.25, -0.2) is 0 Å². The molecule has 0 nitrogen and oxygen atoms in total. The van der Waals surface area contributed by atoms with Gasteiger partial charge in [0.05, 0.1) is 0 Å². The zero-order chi connectivity index (χ0) is 7.94. The second-order valence-electron chi connectivity index (χ2n) is 2.13. The summed E-state index contributed by atoms with van der Waals surface area (Å²) in [4.78, 5) is 1.48. The first-order chi connectivity index (χ1) is 5.43. The number of aryl methyl sites for hydroxylation is 1. The van der Waals surface area contributed by atoms with Gasteiger partial charge in [-0.15, -0.1) is 22.9 Å². The van der Waals surface area contributed by atoms with Crippen LogP contribution in [0.3, 0.4) is 0 Å². The first-order valence-electron chi connectivity index (χ1n) is 3.59. The van der Waals surface area contributed by atoms with Crippen molar-refractivity contribution in [1.82, 2.24) is 0 Å². The fourth-order valence-corrected chi connectivity index (χ4v) is 2.63. The van der Waals surface area contributed by atoms with Crippen molar-refractivity contribution < 1.29 is 0 Å². The zero-order valence-electron chi connectivity index (χ0n) is 6.25. The summed E-state index contributed by atoms with van der Waals surface area (Å²) in [7, 11) is 0. The molecule has 0 radical (unpaired) electrons.